The van der Waals surface area contributed by atoms with Crippen molar-refractivity contribution < 1.29 is 32.6 Å². The second-order valence-corrected chi connectivity index (χ2v) is 9.69. The van der Waals surface area contributed by atoms with E-state index < -0.39 is 12.1 Å². The van der Waals surface area contributed by atoms with E-state index in [1.807, 2.05) is 32.3 Å². The summed E-state index contributed by atoms with van der Waals surface area (Å²) in [5.74, 6) is -1.09. The monoisotopic (exact) mass is 514 g/mol. The van der Waals surface area contributed by atoms with E-state index >= 15 is 0 Å². The van der Waals surface area contributed by atoms with Crippen LogP contribution in [0, 0.1) is 5.92 Å². The number of rotatable bonds is 8. The van der Waals surface area contributed by atoms with Crippen molar-refractivity contribution in [2.45, 2.75) is 31.5 Å². The van der Waals surface area contributed by atoms with Crippen LogP contribution in [0.3, 0.4) is 0 Å². The van der Waals surface area contributed by atoms with Gasteiger partial charge in [-0.1, -0.05) is 23.5 Å². The summed E-state index contributed by atoms with van der Waals surface area (Å²) in [6, 6.07) is 7.88. The van der Waals surface area contributed by atoms with E-state index in [4.69, 9.17) is 19.6 Å². The summed E-state index contributed by atoms with van der Waals surface area (Å²) in [7, 11) is 5.71. The zero-order chi connectivity index (χ0) is 25.8. The lowest BCUT2D eigenvalue weighted by atomic mass is 10.2. The number of fused-ring (bicyclic) bond motifs is 1. The molecule has 8 nitrogen and oxygen atoms in total. The van der Waals surface area contributed by atoms with Crippen LogP contribution in [0.25, 0.3) is 10.6 Å². The van der Waals surface area contributed by atoms with Crippen LogP contribution in [-0.2, 0) is 16.0 Å². The van der Waals surface area contributed by atoms with Crippen molar-refractivity contribution in [3.63, 3.8) is 0 Å². The zero-order valence-corrected chi connectivity index (χ0v) is 20.6. The molecule has 2 aromatic rings. The average Bonchev–Trinajstić information content (AvgIpc) is 3.41. The summed E-state index contributed by atoms with van der Waals surface area (Å²) < 4.78 is 37.1. The summed E-state index contributed by atoms with van der Waals surface area (Å²) in [5.41, 5.74) is 2.12. The number of amides is 1. The number of carboxylic acid groups (broad SMARTS) is 1. The molecule has 12 heteroatoms. The second-order valence-electron chi connectivity index (χ2n) is 8.72. The number of anilines is 1. The molecule has 2 heterocycles. The number of alkyl halides is 3. The van der Waals surface area contributed by atoms with Gasteiger partial charge in [-0.05, 0) is 45.0 Å². The van der Waals surface area contributed by atoms with Crippen molar-refractivity contribution in [1.29, 1.82) is 0 Å². The van der Waals surface area contributed by atoms with Gasteiger partial charge in [-0.25, -0.2) is 9.78 Å². The maximum absolute atomic E-state index is 12.8. The summed E-state index contributed by atoms with van der Waals surface area (Å²) in [6.07, 6.45) is -1.86. The van der Waals surface area contributed by atoms with Gasteiger partial charge in [0.05, 0.1) is 12.8 Å². The smallest absolute Gasteiger partial charge is 0.490 e. The number of aliphatic carboxylic acids is 1. The number of likely N-dealkylation sites (N-methyl/N-ethyl adjacent to an activating group) is 1. The summed E-state index contributed by atoms with van der Waals surface area (Å²) >= 11 is 1.69. The van der Waals surface area contributed by atoms with Gasteiger partial charge in [0.25, 0.3) is 0 Å². The first-order valence-corrected chi connectivity index (χ1v) is 11.9. The van der Waals surface area contributed by atoms with E-state index in [9.17, 15) is 18.0 Å². The molecule has 1 atom stereocenters. The molecule has 1 fully saturated rings. The van der Waals surface area contributed by atoms with Crippen molar-refractivity contribution >= 4 is 28.2 Å². The quantitative estimate of drug-likeness (QED) is 0.558. The Morgan fingerprint density at radius 3 is 2.57 bits per heavy atom. The molecule has 1 aromatic carbocycles. The molecule has 2 N–H and O–H groups in total. The van der Waals surface area contributed by atoms with E-state index in [0.717, 1.165) is 40.1 Å². The lowest BCUT2D eigenvalue weighted by molar-refractivity contribution is -0.192. The molecule has 2 aliphatic rings. The number of aromatic nitrogens is 1. The number of halogens is 3. The average molecular weight is 515 g/mol. The third kappa shape index (κ3) is 7.31. The molecule has 0 radical (unpaired) electrons. The first kappa shape index (κ1) is 26.7. The van der Waals surface area contributed by atoms with Crippen LogP contribution in [0.4, 0.5) is 18.2 Å². The molecule has 192 valence electrons. The predicted octanol–water partition coefficient (Wildman–Crippen LogP) is 3.27. The van der Waals surface area contributed by atoms with Gasteiger partial charge in [0.15, 0.2) is 0 Å². The van der Waals surface area contributed by atoms with Gasteiger partial charge in [-0.15, -0.1) is 0 Å². The molecule has 1 aliphatic heterocycles. The molecule has 0 saturated heterocycles. The Hall–Kier alpha value is -2.86. The van der Waals surface area contributed by atoms with Crippen molar-refractivity contribution in [2.75, 3.05) is 45.7 Å². The SMILES string of the molecule is COc1cccc(-c2nc3c(s2)N(CC2CC2)C(C(=O)NCCN(C)C)C3)c1.O=C(O)C(F)(F)F. The van der Waals surface area contributed by atoms with Gasteiger partial charge in [0.1, 0.15) is 21.8 Å². The molecule has 1 amide bonds. The first-order valence-electron chi connectivity index (χ1n) is 11.1. The fourth-order valence-electron chi connectivity index (χ4n) is 3.56. The number of nitrogens with one attached hydrogen (secondary N) is 1. The van der Waals surface area contributed by atoms with Crippen molar-refractivity contribution in [3.05, 3.63) is 30.0 Å². The molecule has 0 spiro atoms. The maximum Gasteiger partial charge on any atom is 0.490 e. The lowest BCUT2D eigenvalue weighted by Gasteiger charge is -2.26. The van der Waals surface area contributed by atoms with E-state index in [1.165, 1.54) is 12.8 Å². The highest BCUT2D eigenvalue weighted by Crippen LogP contribution is 2.44. The number of thiazole rings is 1. The Kier molecular flexibility index (Phi) is 8.60. The summed E-state index contributed by atoms with van der Waals surface area (Å²) in [4.78, 5) is 31.0. The topological polar surface area (TPSA) is 95.0 Å². The van der Waals surface area contributed by atoms with Crippen LogP contribution >= 0.6 is 11.3 Å². The molecule has 4 rings (SSSR count). The Bertz CT molecular complexity index is 1040. The highest BCUT2D eigenvalue weighted by Gasteiger charge is 2.40. The Balaban J connectivity index is 0.000000429. The maximum atomic E-state index is 12.8. The number of benzene rings is 1. The standard InChI is InChI=1S/C21H28N4O2S.C2HF3O2/c1-24(2)10-9-22-19(26)18-12-17-21(25(18)13-14-7-8-14)28-20(23-17)15-5-4-6-16(11-15)27-3;3-2(4,5)1(6)7/h4-6,11,14,18H,7-10,12-13H2,1-3H3,(H,22,26);(H,6,7). The number of nitrogens with zero attached hydrogens (tertiary/aromatic N) is 3. The Labute approximate surface area is 205 Å². The minimum atomic E-state index is -5.08. The van der Waals surface area contributed by atoms with E-state index in [1.54, 1.807) is 18.4 Å². The van der Waals surface area contributed by atoms with Crippen LogP contribution in [0.1, 0.15) is 18.5 Å². The van der Waals surface area contributed by atoms with E-state index in [-0.39, 0.29) is 11.9 Å². The molecule has 1 aromatic heterocycles. The number of hydrogen-bond donors (Lipinski definition) is 2. The van der Waals surface area contributed by atoms with Crippen LogP contribution in [0.15, 0.2) is 24.3 Å². The van der Waals surface area contributed by atoms with Gasteiger partial charge in [0.2, 0.25) is 5.91 Å². The van der Waals surface area contributed by atoms with Crippen molar-refractivity contribution in [1.82, 2.24) is 15.2 Å². The third-order valence-corrected chi connectivity index (χ3v) is 6.76. The highest BCUT2D eigenvalue weighted by molar-refractivity contribution is 7.19. The first-order chi connectivity index (χ1) is 16.5. The van der Waals surface area contributed by atoms with Gasteiger partial charge in [-0.2, -0.15) is 13.2 Å². The normalized spacial score (nSPS) is 17.0. The van der Waals surface area contributed by atoms with E-state index in [0.29, 0.717) is 18.9 Å². The van der Waals surface area contributed by atoms with Gasteiger partial charge in [0, 0.05) is 31.6 Å². The van der Waals surface area contributed by atoms with Crippen LogP contribution < -0.4 is 15.0 Å². The minimum Gasteiger partial charge on any atom is -0.497 e. The molecule has 1 unspecified atom stereocenters. The second kappa shape index (κ2) is 11.3. The Morgan fingerprint density at radius 1 is 1.31 bits per heavy atom. The molecule has 1 aliphatic carbocycles. The summed E-state index contributed by atoms with van der Waals surface area (Å²) in [6.45, 7) is 2.48. The Morgan fingerprint density at radius 2 is 2.00 bits per heavy atom. The minimum absolute atomic E-state index is 0.121. The number of hydrogen-bond acceptors (Lipinski definition) is 7. The van der Waals surface area contributed by atoms with Gasteiger partial charge >= 0.3 is 12.1 Å². The van der Waals surface area contributed by atoms with Gasteiger partial charge < -0.3 is 25.0 Å². The van der Waals surface area contributed by atoms with Crippen molar-refractivity contribution in [3.8, 4) is 16.3 Å². The molecular weight excluding hydrogens is 485 g/mol. The van der Waals surface area contributed by atoms with Crippen LogP contribution in [0.2, 0.25) is 0 Å². The fraction of sp³-hybridized carbons (Fsp3) is 0.522. The van der Waals surface area contributed by atoms with E-state index in [2.05, 4.69) is 21.2 Å². The zero-order valence-electron chi connectivity index (χ0n) is 19.8. The number of carbonyl (C=O) groups excluding carboxylic acids is 1. The molecule has 1 saturated carbocycles. The number of carboxylic acids is 1. The number of carbonyl (C=O) groups is 2. The molecular formula is C23H29F3N4O4S. The summed E-state index contributed by atoms with van der Waals surface area (Å²) in [5, 5.41) is 12.4. The largest absolute Gasteiger partial charge is 0.497 e. The molecule has 0 bridgehead atoms. The van der Waals surface area contributed by atoms with Crippen molar-refractivity contribution in [2.24, 2.45) is 5.92 Å². The van der Waals surface area contributed by atoms with Gasteiger partial charge in [-0.3, -0.25) is 4.79 Å². The number of ether oxygens (including phenoxy) is 1. The fourth-order valence-corrected chi connectivity index (χ4v) is 4.71. The third-order valence-electron chi connectivity index (χ3n) is 5.57. The molecule has 35 heavy (non-hydrogen) atoms. The number of methoxy groups -OCH3 is 1. The predicted molar refractivity (Wildman–Crippen MR) is 127 cm³/mol. The lowest BCUT2D eigenvalue weighted by Crippen LogP contribution is -2.47. The highest BCUT2D eigenvalue weighted by atomic mass is 32.1. The van der Waals surface area contributed by atoms with Crippen LogP contribution in [-0.4, -0.2) is 79.9 Å². The van der Waals surface area contributed by atoms with Crippen LogP contribution in [0.5, 0.6) is 5.75 Å².